The highest BCUT2D eigenvalue weighted by Gasteiger charge is 2.11. The summed E-state index contributed by atoms with van der Waals surface area (Å²) in [4.78, 5) is 0. The van der Waals surface area contributed by atoms with Crippen LogP contribution in [-0.4, -0.2) is 5.11 Å². The van der Waals surface area contributed by atoms with E-state index in [1.54, 1.807) is 0 Å². The van der Waals surface area contributed by atoms with Gasteiger partial charge >= 0.3 is 0 Å². The van der Waals surface area contributed by atoms with E-state index < -0.39 is 0 Å². The van der Waals surface area contributed by atoms with E-state index in [4.69, 9.17) is 0 Å². The monoisotopic (exact) mass is 206 g/mol. The van der Waals surface area contributed by atoms with Crippen molar-refractivity contribution in [2.45, 2.75) is 52.9 Å². The molecule has 0 heterocycles. The van der Waals surface area contributed by atoms with E-state index in [2.05, 4.69) is 26.8 Å². The van der Waals surface area contributed by atoms with Crippen molar-refractivity contribution < 1.29 is 5.11 Å². The van der Waals surface area contributed by atoms with Crippen molar-refractivity contribution in [2.24, 2.45) is 0 Å². The minimum atomic E-state index is 0.436. The predicted octanol–water partition coefficient (Wildman–Crippen LogP) is 4.17. The molecule has 0 atom stereocenters. The number of hydrogen-bond acceptors (Lipinski definition) is 1. The molecule has 1 aromatic rings. The van der Waals surface area contributed by atoms with E-state index in [1.165, 1.54) is 24.0 Å². The molecular formula is C14H22O. The molecule has 0 unspecified atom stereocenters. The van der Waals surface area contributed by atoms with Gasteiger partial charge in [-0.1, -0.05) is 33.3 Å². The van der Waals surface area contributed by atoms with Crippen molar-refractivity contribution in [2.75, 3.05) is 0 Å². The molecule has 1 rings (SSSR count). The maximum atomic E-state index is 9.71. The average Bonchev–Trinajstić information content (AvgIpc) is 2.19. The minimum Gasteiger partial charge on any atom is -0.508 e. The smallest absolute Gasteiger partial charge is 0.118 e. The first kappa shape index (κ1) is 12.1. The Kier molecular flexibility index (Phi) is 4.19. The Morgan fingerprint density at radius 2 is 1.93 bits per heavy atom. The van der Waals surface area contributed by atoms with Crippen molar-refractivity contribution in [1.82, 2.24) is 0 Å². The highest BCUT2D eigenvalue weighted by Crippen LogP contribution is 2.29. The largest absolute Gasteiger partial charge is 0.508 e. The van der Waals surface area contributed by atoms with Crippen LogP contribution in [0.25, 0.3) is 0 Å². The van der Waals surface area contributed by atoms with Gasteiger partial charge in [-0.15, -0.1) is 0 Å². The second kappa shape index (κ2) is 5.20. The summed E-state index contributed by atoms with van der Waals surface area (Å²) < 4.78 is 0. The van der Waals surface area contributed by atoms with Gasteiger partial charge in [-0.25, -0.2) is 0 Å². The van der Waals surface area contributed by atoms with Crippen LogP contribution in [0.2, 0.25) is 0 Å². The molecule has 1 heteroatoms. The Morgan fingerprint density at radius 3 is 2.47 bits per heavy atom. The molecule has 1 N–H and O–H groups in total. The lowest BCUT2D eigenvalue weighted by Gasteiger charge is -2.16. The van der Waals surface area contributed by atoms with Crippen LogP contribution >= 0.6 is 0 Å². The van der Waals surface area contributed by atoms with E-state index in [1.807, 2.05) is 13.0 Å². The molecule has 0 radical (unpaired) electrons. The number of phenolic OH excluding ortho intramolecular Hbond substituents is 1. The molecule has 1 nitrogen and oxygen atoms in total. The zero-order chi connectivity index (χ0) is 11.4. The summed E-state index contributed by atoms with van der Waals surface area (Å²) in [6.45, 7) is 8.64. The van der Waals surface area contributed by atoms with Crippen LogP contribution in [0.15, 0.2) is 12.1 Å². The molecule has 0 saturated carbocycles. The Labute approximate surface area is 93.1 Å². The summed E-state index contributed by atoms with van der Waals surface area (Å²) in [5.74, 6) is 0.974. The average molecular weight is 206 g/mol. The van der Waals surface area contributed by atoms with Crippen LogP contribution in [-0.2, 0) is 6.42 Å². The quantitative estimate of drug-likeness (QED) is 0.784. The molecule has 84 valence electrons. The van der Waals surface area contributed by atoms with Crippen LogP contribution in [0.5, 0.6) is 5.75 Å². The maximum Gasteiger partial charge on any atom is 0.118 e. The van der Waals surface area contributed by atoms with E-state index in [9.17, 15) is 5.11 Å². The molecule has 0 bridgehead atoms. The molecule has 0 saturated heterocycles. The summed E-state index contributed by atoms with van der Waals surface area (Å²) in [7, 11) is 0. The molecule has 0 fully saturated rings. The zero-order valence-corrected chi connectivity index (χ0v) is 10.3. The first-order valence-electron chi connectivity index (χ1n) is 5.89. The third kappa shape index (κ3) is 2.74. The lowest BCUT2D eigenvalue weighted by molar-refractivity contribution is 0.469. The number of benzene rings is 1. The third-order valence-electron chi connectivity index (χ3n) is 3.01. The van der Waals surface area contributed by atoms with Gasteiger partial charge in [0.1, 0.15) is 5.75 Å². The van der Waals surface area contributed by atoms with Crippen LogP contribution in [0.4, 0.5) is 0 Å². The lowest BCUT2D eigenvalue weighted by atomic mass is 9.90. The number of phenols is 1. The van der Waals surface area contributed by atoms with Gasteiger partial charge in [0, 0.05) is 0 Å². The molecule has 15 heavy (non-hydrogen) atoms. The van der Waals surface area contributed by atoms with Crippen molar-refractivity contribution in [3.8, 4) is 5.75 Å². The molecular weight excluding hydrogens is 184 g/mol. The SMILES string of the molecule is CCCCc1c(C(C)C)ccc(O)c1C. The molecule has 0 aromatic heterocycles. The fourth-order valence-electron chi connectivity index (χ4n) is 1.99. The third-order valence-corrected chi connectivity index (χ3v) is 3.01. The summed E-state index contributed by atoms with van der Waals surface area (Å²) >= 11 is 0. The molecule has 0 aliphatic rings. The van der Waals surface area contributed by atoms with Gasteiger partial charge in [-0.2, -0.15) is 0 Å². The molecule has 1 aromatic carbocycles. The van der Waals surface area contributed by atoms with E-state index >= 15 is 0 Å². The number of hydrogen-bond donors (Lipinski definition) is 1. The van der Waals surface area contributed by atoms with Crippen molar-refractivity contribution in [3.05, 3.63) is 28.8 Å². The lowest BCUT2D eigenvalue weighted by Crippen LogP contribution is -1.99. The molecule has 0 aliphatic heterocycles. The Balaban J connectivity index is 3.10. The Hall–Kier alpha value is -0.980. The highest BCUT2D eigenvalue weighted by atomic mass is 16.3. The summed E-state index contributed by atoms with van der Waals surface area (Å²) in [6.07, 6.45) is 3.49. The van der Waals surface area contributed by atoms with Crippen molar-refractivity contribution >= 4 is 0 Å². The molecule has 0 aliphatic carbocycles. The Bertz CT molecular complexity index is 326. The fourth-order valence-corrected chi connectivity index (χ4v) is 1.99. The maximum absolute atomic E-state index is 9.71. The highest BCUT2D eigenvalue weighted by molar-refractivity contribution is 5.44. The van der Waals surface area contributed by atoms with Gasteiger partial charge in [0.15, 0.2) is 0 Å². The van der Waals surface area contributed by atoms with Gasteiger partial charge in [-0.3, -0.25) is 0 Å². The summed E-state index contributed by atoms with van der Waals surface area (Å²) in [5.41, 5.74) is 3.81. The van der Waals surface area contributed by atoms with Crippen LogP contribution < -0.4 is 0 Å². The van der Waals surface area contributed by atoms with Crippen molar-refractivity contribution in [1.29, 1.82) is 0 Å². The Morgan fingerprint density at radius 1 is 1.27 bits per heavy atom. The first-order valence-corrected chi connectivity index (χ1v) is 5.89. The van der Waals surface area contributed by atoms with Gasteiger partial charge < -0.3 is 5.11 Å². The standard InChI is InChI=1S/C14H22O/c1-5-6-7-13-11(4)14(15)9-8-12(13)10(2)3/h8-10,15H,5-7H2,1-4H3. The minimum absolute atomic E-state index is 0.436. The fraction of sp³-hybridized carbons (Fsp3) is 0.571. The number of rotatable bonds is 4. The number of unbranched alkanes of at least 4 members (excludes halogenated alkanes) is 1. The van der Waals surface area contributed by atoms with Gasteiger partial charge in [0.25, 0.3) is 0 Å². The van der Waals surface area contributed by atoms with Crippen LogP contribution in [0.1, 0.15) is 56.2 Å². The van der Waals surface area contributed by atoms with Crippen molar-refractivity contribution in [3.63, 3.8) is 0 Å². The second-order valence-electron chi connectivity index (χ2n) is 4.54. The molecule has 0 amide bonds. The molecule has 0 spiro atoms. The van der Waals surface area contributed by atoms with E-state index in [0.29, 0.717) is 11.7 Å². The predicted molar refractivity (Wildman–Crippen MR) is 65.5 cm³/mol. The van der Waals surface area contributed by atoms with Gasteiger partial charge in [-0.05, 0) is 48.4 Å². The van der Waals surface area contributed by atoms with E-state index in [0.717, 1.165) is 12.0 Å². The van der Waals surface area contributed by atoms with E-state index in [-0.39, 0.29) is 0 Å². The first-order chi connectivity index (χ1) is 7.07. The number of aromatic hydroxyl groups is 1. The second-order valence-corrected chi connectivity index (χ2v) is 4.54. The normalized spacial score (nSPS) is 11.0. The van der Waals surface area contributed by atoms with Crippen LogP contribution in [0, 0.1) is 6.92 Å². The summed E-state index contributed by atoms with van der Waals surface area (Å²) in [6, 6.07) is 3.89. The van der Waals surface area contributed by atoms with Crippen LogP contribution in [0.3, 0.4) is 0 Å². The zero-order valence-electron chi connectivity index (χ0n) is 10.3. The topological polar surface area (TPSA) is 20.2 Å². The summed E-state index contributed by atoms with van der Waals surface area (Å²) in [5, 5.41) is 9.71. The van der Waals surface area contributed by atoms with Gasteiger partial charge in [0.2, 0.25) is 0 Å². The van der Waals surface area contributed by atoms with Gasteiger partial charge in [0.05, 0.1) is 0 Å².